The summed E-state index contributed by atoms with van der Waals surface area (Å²) in [7, 11) is 0. The van der Waals surface area contributed by atoms with E-state index < -0.39 is 0 Å². The van der Waals surface area contributed by atoms with Crippen molar-refractivity contribution in [1.29, 1.82) is 0 Å². The van der Waals surface area contributed by atoms with Crippen LogP contribution in [0.2, 0.25) is 0 Å². The van der Waals surface area contributed by atoms with Crippen molar-refractivity contribution in [2.45, 2.75) is 39.0 Å². The quantitative estimate of drug-likeness (QED) is 0.562. The summed E-state index contributed by atoms with van der Waals surface area (Å²) in [6.45, 7) is 4.98. The molecule has 1 spiro atoms. The first-order valence-corrected chi connectivity index (χ1v) is 5.02. The predicted octanol–water partition coefficient (Wildman–Crippen LogP) is 2.18. The molecule has 0 atom stereocenters. The third kappa shape index (κ3) is 1.44. The monoisotopic (exact) mass is 153 g/mol. The predicted molar refractivity (Wildman–Crippen MR) is 47.6 cm³/mol. The van der Waals surface area contributed by atoms with Gasteiger partial charge in [0.15, 0.2) is 0 Å². The molecule has 2 fully saturated rings. The van der Waals surface area contributed by atoms with Gasteiger partial charge in [0.2, 0.25) is 0 Å². The Morgan fingerprint density at radius 2 is 1.91 bits per heavy atom. The molecule has 0 radical (unpaired) electrons. The average molecular weight is 153 g/mol. The number of nitrogens with one attached hydrogen (secondary N) is 1. The molecular formula is C10H19N. The van der Waals surface area contributed by atoms with E-state index in [1.54, 1.807) is 0 Å². The minimum absolute atomic E-state index is 0.743. The maximum absolute atomic E-state index is 3.50. The molecule has 2 rings (SSSR count). The molecule has 1 nitrogen and oxygen atoms in total. The molecular weight excluding hydrogens is 134 g/mol. The number of hydrogen-bond donors (Lipinski definition) is 1. The molecule has 1 N–H and O–H groups in total. The normalized spacial score (nSPS) is 45.0. The first-order valence-electron chi connectivity index (χ1n) is 5.02. The zero-order chi connectivity index (χ0) is 7.73. The van der Waals surface area contributed by atoms with Gasteiger partial charge in [0, 0.05) is 6.54 Å². The summed E-state index contributed by atoms with van der Waals surface area (Å²) in [6, 6.07) is 0. The molecule has 0 unspecified atom stereocenters. The fourth-order valence-corrected chi connectivity index (χ4v) is 2.60. The van der Waals surface area contributed by atoms with E-state index in [1.165, 1.54) is 45.2 Å². The van der Waals surface area contributed by atoms with Crippen LogP contribution >= 0.6 is 0 Å². The standard InChI is InChI=1S/C10H19N/c1-9-2-4-10(5-3-9)6-7-11-8-10/h9,11H,2-8H2,1H3. The second-order valence-electron chi connectivity index (χ2n) is 4.61. The van der Waals surface area contributed by atoms with Crippen LogP contribution in [-0.4, -0.2) is 13.1 Å². The van der Waals surface area contributed by atoms with Gasteiger partial charge < -0.3 is 5.32 Å². The topological polar surface area (TPSA) is 12.0 Å². The van der Waals surface area contributed by atoms with E-state index in [4.69, 9.17) is 0 Å². The lowest BCUT2D eigenvalue weighted by atomic mass is 9.70. The Bertz CT molecular complexity index is 126. The third-order valence-corrected chi connectivity index (χ3v) is 3.67. The van der Waals surface area contributed by atoms with Crippen molar-refractivity contribution in [3.63, 3.8) is 0 Å². The zero-order valence-electron chi connectivity index (χ0n) is 7.53. The zero-order valence-corrected chi connectivity index (χ0v) is 7.53. The van der Waals surface area contributed by atoms with Gasteiger partial charge in [0.05, 0.1) is 0 Å². The summed E-state index contributed by atoms with van der Waals surface area (Å²) in [5.74, 6) is 1.00. The van der Waals surface area contributed by atoms with Crippen molar-refractivity contribution >= 4 is 0 Å². The van der Waals surface area contributed by atoms with Crippen LogP contribution in [0.1, 0.15) is 39.0 Å². The molecule has 0 amide bonds. The molecule has 0 aromatic carbocycles. The Hall–Kier alpha value is -0.0400. The lowest BCUT2D eigenvalue weighted by Crippen LogP contribution is -2.28. The van der Waals surface area contributed by atoms with Crippen LogP contribution in [0.4, 0.5) is 0 Å². The molecule has 1 saturated heterocycles. The van der Waals surface area contributed by atoms with Crippen molar-refractivity contribution < 1.29 is 0 Å². The molecule has 1 aliphatic carbocycles. The van der Waals surface area contributed by atoms with E-state index in [9.17, 15) is 0 Å². The van der Waals surface area contributed by atoms with Crippen molar-refractivity contribution in [2.24, 2.45) is 11.3 Å². The molecule has 64 valence electrons. The van der Waals surface area contributed by atoms with Gasteiger partial charge in [-0.15, -0.1) is 0 Å². The van der Waals surface area contributed by atoms with E-state index in [2.05, 4.69) is 12.2 Å². The van der Waals surface area contributed by atoms with Crippen LogP contribution in [0.25, 0.3) is 0 Å². The van der Waals surface area contributed by atoms with E-state index in [1.807, 2.05) is 0 Å². The highest BCUT2D eigenvalue weighted by molar-refractivity contribution is 4.90. The van der Waals surface area contributed by atoms with Crippen molar-refractivity contribution in [3.8, 4) is 0 Å². The summed E-state index contributed by atoms with van der Waals surface area (Å²) in [4.78, 5) is 0. The van der Waals surface area contributed by atoms with Gasteiger partial charge in [0.25, 0.3) is 0 Å². The third-order valence-electron chi connectivity index (χ3n) is 3.67. The highest BCUT2D eigenvalue weighted by atomic mass is 14.9. The van der Waals surface area contributed by atoms with E-state index in [0.29, 0.717) is 0 Å². The van der Waals surface area contributed by atoms with Crippen molar-refractivity contribution in [3.05, 3.63) is 0 Å². The first-order chi connectivity index (χ1) is 5.31. The first kappa shape index (κ1) is 7.60. The Balaban J connectivity index is 1.94. The highest BCUT2D eigenvalue weighted by Gasteiger charge is 2.36. The second kappa shape index (κ2) is 2.78. The van der Waals surface area contributed by atoms with Gasteiger partial charge in [-0.3, -0.25) is 0 Å². The van der Waals surface area contributed by atoms with Crippen LogP contribution < -0.4 is 5.32 Å². The minimum Gasteiger partial charge on any atom is -0.316 e. The second-order valence-corrected chi connectivity index (χ2v) is 4.61. The molecule has 0 aromatic heterocycles. The largest absolute Gasteiger partial charge is 0.316 e. The number of rotatable bonds is 0. The van der Waals surface area contributed by atoms with Crippen molar-refractivity contribution in [1.82, 2.24) is 5.32 Å². The van der Waals surface area contributed by atoms with Crippen LogP contribution in [-0.2, 0) is 0 Å². The van der Waals surface area contributed by atoms with E-state index in [0.717, 1.165) is 11.3 Å². The Morgan fingerprint density at radius 1 is 1.18 bits per heavy atom. The van der Waals surface area contributed by atoms with Crippen molar-refractivity contribution in [2.75, 3.05) is 13.1 Å². The van der Waals surface area contributed by atoms with Crippen LogP contribution in [0.15, 0.2) is 0 Å². The molecule has 1 heteroatoms. The van der Waals surface area contributed by atoms with Gasteiger partial charge in [-0.25, -0.2) is 0 Å². The molecule has 11 heavy (non-hydrogen) atoms. The summed E-state index contributed by atoms with van der Waals surface area (Å²) in [5, 5.41) is 3.50. The van der Waals surface area contributed by atoms with E-state index >= 15 is 0 Å². The van der Waals surface area contributed by atoms with E-state index in [-0.39, 0.29) is 0 Å². The summed E-state index contributed by atoms with van der Waals surface area (Å²) in [5.41, 5.74) is 0.743. The smallest absolute Gasteiger partial charge is 0.000829 e. The lowest BCUT2D eigenvalue weighted by molar-refractivity contribution is 0.178. The summed E-state index contributed by atoms with van der Waals surface area (Å²) < 4.78 is 0. The van der Waals surface area contributed by atoms with Gasteiger partial charge in [-0.05, 0) is 37.1 Å². The molecule has 1 saturated carbocycles. The molecule has 0 bridgehead atoms. The maximum Gasteiger partial charge on any atom is 0.000829 e. The van der Waals surface area contributed by atoms with Gasteiger partial charge in [0.1, 0.15) is 0 Å². The molecule has 0 aromatic rings. The fraction of sp³-hybridized carbons (Fsp3) is 1.00. The lowest BCUT2D eigenvalue weighted by Gasteiger charge is -2.35. The summed E-state index contributed by atoms with van der Waals surface area (Å²) in [6.07, 6.45) is 7.37. The molecule has 2 aliphatic rings. The average Bonchev–Trinajstić information content (AvgIpc) is 2.45. The van der Waals surface area contributed by atoms with Gasteiger partial charge in [-0.2, -0.15) is 0 Å². The SMILES string of the molecule is CC1CCC2(CCNC2)CC1. The summed E-state index contributed by atoms with van der Waals surface area (Å²) >= 11 is 0. The van der Waals surface area contributed by atoms with Crippen LogP contribution in [0.5, 0.6) is 0 Å². The Morgan fingerprint density at radius 3 is 2.45 bits per heavy atom. The van der Waals surface area contributed by atoms with Gasteiger partial charge >= 0.3 is 0 Å². The number of hydrogen-bond acceptors (Lipinski definition) is 1. The van der Waals surface area contributed by atoms with Crippen LogP contribution in [0.3, 0.4) is 0 Å². The highest BCUT2D eigenvalue weighted by Crippen LogP contribution is 2.42. The van der Waals surface area contributed by atoms with Crippen LogP contribution in [0, 0.1) is 11.3 Å². The fourth-order valence-electron chi connectivity index (χ4n) is 2.60. The Kier molecular flexibility index (Phi) is 1.92. The molecule has 1 aliphatic heterocycles. The van der Waals surface area contributed by atoms with Gasteiger partial charge in [-0.1, -0.05) is 19.8 Å². The minimum atomic E-state index is 0.743. The maximum atomic E-state index is 3.50. The Labute approximate surface area is 69.6 Å². The molecule has 1 heterocycles.